The monoisotopic (exact) mass is 180 g/mol. The van der Waals surface area contributed by atoms with Gasteiger partial charge in [0.2, 0.25) is 5.91 Å². The van der Waals surface area contributed by atoms with E-state index in [0.717, 1.165) is 11.4 Å². The number of furan rings is 1. The first-order valence-electron chi connectivity index (χ1n) is 4.32. The molecule has 1 atom stereocenters. The normalized spacial score (nSPS) is 22.0. The van der Waals surface area contributed by atoms with E-state index in [9.17, 15) is 4.79 Å². The minimum absolute atomic E-state index is 0.00926. The number of carbonyl (C=O) groups excluding carboxylic acids is 1. The van der Waals surface area contributed by atoms with Crippen LogP contribution in [-0.2, 0) is 4.79 Å². The summed E-state index contributed by atoms with van der Waals surface area (Å²) in [7, 11) is 0. The molecule has 0 bridgehead atoms. The maximum atomic E-state index is 11.2. The Labute approximate surface area is 76.1 Å². The molecule has 2 heterocycles. The molecule has 1 unspecified atom stereocenters. The molecule has 0 aliphatic carbocycles. The van der Waals surface area contributed by atoms with Crippen LogP contribution in [0.4, 0.5) is 5.69 Å². The molecule has 70 valence electrons. The fourth-order valence-electron chi connectivity index (χ4n) is 1.54. The van der Waals surface area contributed by atoms with Gasteiger partial charge in [0.15, 0.2) is 0 Å². The molecule has 0 saturated heterocycles. The van der Waals surface area contributed by atoms with Crippen molar-refractivity contribution in [2.75, 3.05) is 5.32 Å². The van der Waals surface area contributed by atoms with Gasteiger partial charge in [-0.15, -0.1) is 0 Å². The largest absolute Gasteiger partial charge is 0.462 e. The van der Waals surface area contributed by atoms with Crippen molar-refractivity contribution in [1.29, 1.82) is 0 Å². The highest BCUT2D eigenvalue weighted by Crippen LogP contribution is 2.30. The molecule has 0 aromatic carbocycles. The van der Waals surface area contributed by atoms with Crippen LogP contribution >= 0.6 is 0 Å². The van der Waals surface area contributed by atoms with Crippen molar-refractivity contribution < 1.29 is 9.21 Å². The number of hydrogen-bond acceptors (Lipinski definition) is 3. The predicted molar refractivity (Wildman–Crippen MR) is 48.2 cm³/mol. The van der Waals surface area contributed by atoms with Gasteiger partial charge in [0.05, 0.1) is 11.7 Å². The van der Waals surface area contributed by atoms with Crippen LogP contribution < -0.4 is 11.1 Å². The van der Waals surface area contributed by atoms with E-state index in [2.05, 4.69) is 5.32 Å². The summed E-state index contributed by atoms with van der Waals surface area (Å²) in [5.74, 6) is 1.49. The minimum Gasteiger partial charge on any atom is -0.462 e. The first-order valence-corrected chi connectivity index (χ1v) is 4.32. The fourth-order valence-corrected chi connectivity index (χ4v) is 1.54. The maximum absolute atomic E-state index is 11.2. The van der Waals surface area contributed by atoms with E-state index in [1.807, 2.05) is 6.92 Å². The van der Waals surface area contributed by atoms with Gasteiger partial charge >= 0.3 is 0 Å². The molecule has 1 aromatic heterocycles. The molecule has 0 spiro atoms. The van der Waals surface area contributed by atoms with E-state index in [-0.39, 0.29) is 11.9 Å². The lowest BCUT2D eigenvalue weighted by Gasteiger charge is -2.04. The van der Waals surface area contributed by atoms with Gasteiger partial charge < -0.3 is 15.5 Å². The molecule has 4 nitrogen and oxygen atoms in total. The van der Waals surface area contributed by atoms with Crippen molar-refractivity contribution >= 4 is 11.6 Å². The molecule has 2 rings (SSSR count). The molecule has 1 aliphatic heterocycles. The summed E-state index contributed by atoms with van der Waals surface area (Å²) < 4.78 is 5.41. The van der Waals surface area contributed by atoms with Crippen molar-refractivity contribution in [3.8, 4) is 0 Å². The second-order valence-electron chi connectivity index (χ2n) is 3.33. The van der Waals surface area contributed by atoms with Crippen molar-refractivity contribution in [2.45, 2.75) is 25.8 Å². The van der Waals surface area contributed by atoms with Crippen LogP contribution in [0.25, 0.3) is 0 Å². The Hall–Kier alpha value is -1.29. The summed E-state index contributed by atoms with van der Waals surface area (Å²) in [5, 5.41) is 2.76. The Morgan fingerprint density at radius 2 is 2.46 bits per heavy atom. The topological polar surface area (TPSA) is 68.3 Å². The van der Waals surface area contributed by atoms with E-state index in [0.29, 0.717) is 18.6 Å². The molecular weight excluding hydrogens is 168 g/mol. The Balaban J connectivity index is 2.42. The maximum Gasteiger partial charge on any atom is 0.224 e. The highest BCUT2D eigenvalue weighted by molar-refractivity contribution is 5.92. The lowest BCUT2D eigenvalue weighted by atomic mass is 10.1. The van der Waals surface area contributed by atoms with Gasteiger partial charge in [-0.05, 0) is 13.3 Å². The van der Waals surface area contributed by atoms with Crippen LogP contribution in [0, 0.1) is 6.92 Å². The van der Waals surface area contributed by atoms with Crippen molar-refractivity contribution in [1.82, 2.24) is 0 Å². The van der Waals surface area contributed by atoms with Gasteiger partial charge in [-0.3, -0.25) is 4.79 Å². The summed E-state index contributed by atoms with van der Waals surface area (Å²) in [5.41, 5.74) is 6.57. The molecule has 3 N–H and O–H groups in total. The Morgan fingerprint density at radius 1 is 1.69 bits per heavy atom. The third kappa shape index (κ3) is 1.45. The van der Waals surface area contributed by atoms with E-state index in [4.69, 9.17) is 10.2 Å². The molecular formula is C9H12N2O2. The van der Waals surface area contributed by atoms with Crippen LogP contribution in [0.2, 0.25) is 0 Å². The Morgan fingerprint density at radius 3 is 3.23 bits per heavy atom. The zero-order valence-corrected chi connectivity index (χ0v) is 7.46. The number of anilines is 1. The van der Waals surface area contributed by atoms with Crippen molar-refractivity contribution in [2.24, 2.45) is 5.73 Å². The molecule has 13 heavy (non-hydrogen) atoms. The molecule has 0 saturated carbocycles. The van der Waals surface area contributed by atoms with E-state index < -0.39 is 0 Å². The second-order valence-corrected chi connectivity index (χ2v) is 3.33. The van der Waals surface area contributed by atoms with Gasteiger partial charge in [0.1, 0.15) is 11.5 Å². The molecule has 4 heteroatoms. The third-order valence-corrected chi connectivity index (χ3v) is 2.18. The average Bonchev–Trinajstić information content (AvgIpc) is 2.37. The second kappa shape index (κ2) is 2.88. The van der Waals surface area contributed by atoms with Gasteiger partial charge in [-0.2, -0.15) is 0 Å². The number of fused-ring (bicyclic) bond motifs is 1. The summed E-state index contributed by atoms with van der Waals surface area (Å²) in [6, 6.07) is 1.64. The standard InChI is InChI=1S/C9H12N2O2/c1-5-4-7-9(13-5)6(10)2-3-8(12)11-7/h4,6H,2-3,10H2,1H3,(H,11,12). The number of hydrogen-bond donors (Lipinski definition) is 2. The quantitative estimate of drug-likeness (QED) is 0.632. The van der Waals surface area contributed by atoms with E-state index in [1.54, 1.807) is 6.07 Å². The van der Waals surface area contributed by atoms with Gasteiger partial charge in [0, 0.05) is 12.5 Å². The SMILES string of the molecule is Cc1cc2c(o1)C(N)CCC(=O)N2. The summed E-state index contributed by atoms with van der Waals surface area (Å²) in [6.45, 7) is 1.84. The number of rotatable bonds is 0. The van der Waals surface area contributed by atoms with Crippen molar-refractivity contribution in [3.63, 3.8) is 0 Å². The van der Waals surface area contributed by atoms with Gasteiger partial charge in [-0.1, -0.05) is 0 Å². The third-order valence-electron chi connectivity index (χ3n) is 2.18. The number of nitrogens with two attached hydrogens (primary N) is 1. The van der Waals surface area contributed by atoms with E-state index in [1.165, 1.54) is 0 Å². The highest BCUT2D eigenvalue weighted by Gasteiger charge is 2.22. The molecule has 1 amide bonds. The predicted octanol–water partition coefficient (Wildman–Crippen LogP) is 1.32. The lowest BCUT2D eigenvalue weighted by Crippen LogP contribution is -2.09. The van der Waals surface area contributed by atoms with E-state index >= 15 is 0 Å². The van der Waals surface area contributed by atoms with Gasteiger partial charge in [0.25, 0.3) is 0 Å². The first kappa shape index (κ1) is 8.31. The number of aryl methyl sites for hydroxylation is 1. The lowest BCUT2D eigenvalue weighted by molar-refractivity contribution is -0.116. The zero-order valence-electron chi connectivity index (χ0n) is 7.46. The fraction of sp³-hybridized carbons (Fsp3) is 0.444. The van der Waals surface area contributed by atoms with Crippen LogP contribution in [0.5, 0.6) is 0 Å². The van der Waals surface area contributed by atoms with Crippen molar-refractivity contribution in [3.05, 3.63) is 17.6 Å². The highest BCUT2D eigenvalue weighted by atomic mass is 16.3. The zero-order chi connectivity index (χ0) is 9.42. The Bertz CT molecular complexity index is 343. The number of carbonyl (C=O) groups is 1. The van der Waals surface area contributed by atoms with Crippen LogP contribution in [-0.4, -0.2) is 5.91 Å². The molecule has 0 radical (unpaired) electrons. The van der Waals surface area contributed by atoms with Gasteiger partial charge in [-0.25, -0.2) is 0 Å². The summed E-state index contributed by atoms with van der Waals surface area (Å²) in [6.07, 6.45) is 1.11. The Kier molecular flexibility index (Phi) is 1.84. The minimum atomic E-state index is -0.164. The smallest absolute Gasteiger partial charge is 0.224 e. The molecule has 1 aliphatic rings. The van der Waals surface area contributed by atoms with Crippen LogP contribution in [0.3, 0.4) is 0 Å². The van der Waals surface area contributed by atoms with Crippen LogP contribution in [0.15, 0.2) is 10.5 Å². The summed E-state index contributed by atoms with van der Waals surface area (Å²) in [4.78, 5) is 11.2. The molecule has 0 fully saturated rings. The summed E-state index contributed by atoms with van der Waals surface area (Å²) >= 11 is 0. The number of nitrogens with one attached hydrogen (secondary N) is 1. The number of amides is 1. The first-order chi connectivity index (χ1) is 6.16. The van der Waals surface area contributed by atoms with Crippen LogP contribution in [0.1, 0.15) is 30.4 Å². The average molecular weight is 180 g/mol. The molecule has 1 aromatic rings.